The molecular formula is C30H41N5O8S. The van der Waals surface area contributed by atoms with Crippen LogP contribution in [0.3, 0.4) is 0 Å². The first-order chi connectivity index (χ1) is 20.9. The summed E-state index contributed by atoms with van der Waals surface area (Å²) in [5.41, 5.74) is -0.118. The van der Waals surface area contributed by atoms with E-state index in [2.05, 4.69) is 10.4 Å². The Morgan fingerprint density at radius 2 is 1.70 bits per heavy atom. The number of carbonyl (C=O) groups excluding carboxylic acids is 4. The van der Waals surface area contributed by atoms with Crippen molar-refractivity contribution >= 4 is 41.4 Å². The molecular weight excluding hydrogens is 590 g/mol. The quantitative estimate of drug-likeness (QED) is 0.297. The number of aliphatic carboxylic acids is 1. The van der Waals surface area contributed by atoms with Crippen LogP contribution in [0.1, 0.15) is 50.5 Å². The molecule has 0 spiro atoms. The molecule has 0 saturated carbocycles. The maximum atomic E-state index is 13.5. The summed E-state index contributed by atoms with van der Waals surface area (Å²) < 4.78 is 12.5. The van der Waals surface area contributed by atoms with E-state index in [1.54, 1.807) is 56.8 Å². The minimum Gasteiger partial charge on any atom is -0.481 e. The molecule has 14 heteroatoms. The predicted molar refractivity (Wildman–Crippen MR) is 164 cm³/mol. The second kappa shape index (κ2) is 16.1. The van der Waals surface area contributed by atoms with Crippen molar-refractivity contribution in [3.8, 4) is 11.6 Å². The Bertz CT molecular complexity index is 1300. The fourth-order valence-corrected chi connectivity index (χ4v) is 4.64. The van der Waals surface area contributed by atoms with Crippen molar-refractivity contribution in [1.82, 2.24) is 24.9 Å². The van der Waals surface area contributed by atoms with E-state index in [-0.39, 0.29) is 63.0 Å². The first-order valence-electron chi connectivity index (χ1n) is 14.4. The largest absolute Gasteiger partial charge is 0.481 e. The van der Waals surface area contributed by atoms with Crippen molar-refractivity contribution < 1.29 is 38.6 Å². The van der Waals surface area contributed by atoms with E-state index in [0.29, 0.717) is 12.3 Å². The maximum Gasteiger partial charge on any atom is 0.409 e. The summed E-state index contributed by atoms with van der Waals surface area (Å²) in [4.78, 5) is 66.0. The molecule has 240 valence electrons. The maximum absolute atomic E-state index is 13.5. The highest BCUT2D eigenvalue weighted by molar-refractivity contribution is 7.98. The van der Waals surface area contributed by atoms with Crippen LogP contribution in [0.15, 0.2) is 36.4 Å². The van der Waals surface area contributed by atoms with Crippen LogP contribution in [0.25, 0.3) is 5.69 Å². The molecule has 13 nitrogen and oxygen atoms in total. The third-order valence-corrected chi connectivity index (χ3v) is 7.61. The predicted octanol–water partition coefficient (Wildman–Crippen LogP) is 2.86. The Morgan fingerprint density at radius 3 is 2.32 bits per heavy atom. The van der Waals surface area contributed by atoms with Gasteiger partial charge in [0.1, 0.15) is 12.6 Å². The number of carbonyl (C=O) groups is 5. The van der Waals surface area contributed by atoms with Gasteiger partial charge in [-0.15, -0.1) is 0 Å². The number of carboxylic acid groups (broad SMARTS) is 1. The van der Waals surface area contributed by atoms with Crippen molar-refractivity contribution in [1.29, 1.82) is 0 Å². The number of ether oxygens (including phenoxy) is 2. The topological polar surface area (TPSA) is 160 Å². The van der Waals surface area contributed by atoms with Gasteiger partial charge in [-0.05, 0) is 37.0 Å². The van der Waals surface area contributed by atoms with E-state index >= 15 is 0 Å². The highest BCUT2D eigenvalue weighted by Gasteiger charge is 2.32. The lowest BCUT2D eigenvalue weighted by molar-refractivity contribution is -0.138. The zero-order chi connectivity index (χ0) is 32.3. The molecule has 1 atom stereocenters. The van der Waals surface area contributed by atoms with E-state index in [1.165, 1.54) is 20.5 Å². The van der Waals surface area contributed by atoms with Gasteiger partial charge in [-0.1, -0.05) is 39.0 Å². The number of benzene rings is 1. The lowest BCUT2D eigenvalue weighted by Gasteiger charge is -2.36. The summed E-state index contributed by atoms with van der Waals surface area (Å²) in [7, 11) is 0. The van der Waals surface area contributed by atoms with Gasteiger partial charge in [-0.25, -0.2) is 9.48 Å². The van der Waals surface area contributed by atoms with Crippen molar-refractivity contribution in [2.45, 2.75) is 46.1 Å². The molecule has 1 aliphatic heterocycles. The molecule has 3 amide bonds. The lowest BCUT2D eigenvalue weighted by Crippen LogP contribution is -2.56. The van der Waals surface area contributed by atoms with Gasteiger partial charge in [0.25, 0.3) is 5.91 Å². The third-order valence-electron chi connectivity index (χ3n) is 6.92. The van der Waals surface area contributed by atoms with Gasteiger partial charge in [-0.2, -0.15) is 16.9 Å². The average Bonchev–Trinajstić information content (AvgIpc) is 3.44. The molecule has 3 rings (SSSR count). The summed E-state index contributed by atoms with van der Waals surface area (Å²) in [6.45, 7) is 6.34. The van der Waals surface area contributed by atoms with Gasteiger partial charge >= 0.3 is 12.1 Å². The van der Waals surface area contributed by atoms with E-state index in [1.807, 2.05) is 12.3 Å². The molecule has 1 fully saturated rings. The van der Waals surface area contributed by atoms with E-state index < -0.39 is 35.3 Å². The van der Waals surface area contributed by atoms with Crippen LogP contribution < -0.4 is 10.1 Å². The van der Waals surface area contributed by atoms with Crippen LogP contribution in [-0.4, -0.2) is 112 Å². The fourth-order valence-electron chi connectivity index (χ4n) is 4.23. The Labute approximate surface area is 261 Å². The summed E-state index contributed by atoms with van der Waals surface area (Å²) in [5.74, 6) is -1.38. The monoisotopic (exact) mass is 631 g/mol. The van der Waals surface area contributed by atoms with Crippen LogP contribution in [-0.2, 0) is 19.1 Å². The Hall–Kier alpha value is -4.07. The summed E-state index contributed by atoms with van der Waals surface area (Å²) in [6, 6.07) is 9.13. The van der Waals surface area contributed by atoms with E-state index in [0.717, 1.165) is 12.2 Å². The number of hydrogen-bond donors (Lipinski definition) is 2. The zero-order valence-corrected chi connectivity index (χ0v) is 26.4. The highest BCUT2D eigenvalue weighted by atomic mass is 32.2. The smallest absolute Gasteiger partial charge is 0.409 e. The average molecular weight is 632 g/mol. The number of aromatic nitrogens is 2. The standard InChI is InChI=1S/C30H41N5O8S/c1-30(2,3)24(36)20-43-25-19-23(32-35(25)21-9-6-5-7-10-21)27(39)31-22(11-12-26(37)38)28(40)33-13-15-34(16-14-33)29(41)42-17-8-18-44-4/h5-7,9-10,19,22H,8,11-18,20H2,1-4H3,(H,31,39)(H,37,38). The number of nitrogens with zero attached hydrogens (tertiary/aromatic N) is 4. The molecule has 1 aliphatic rings. The van der Waals surface area contributed by atoms with Crippen LogP contribution in [0.5, 0.6) is 5.88 Å². The van der Waals surface area contributed by atoms with Crippen LogP contribution >= 0.6 is 11.8 Å². The minimum atomic E-state index is -1.14. The summed E-state index contributed by atoms with van der Waals surface area (Å²) in [5, 5.41) is 16.3. The van der Waals surface area contributed by atoms with Gasteiger partial charge in [0, 0.05) is 44.1 Å². The van der Waals surface area contributed by atoms with Gasteiger partial charge < -0.3 is 29.7 Å². The normalized spacial score (nSPS) is 14.1. The van der Waals surface area contributed by atoms with Gasteiger partial charge in [0.05, 0.1) is 12.3 Å². The van der Waals surface area contributed by atoms with Gasteiger partial charge in [0.15, 0.2) is 11.5 Å². The van der Waals surface area contributed by atoms with Crippen molar-refractivity contribution in [3.63, 3.8) is 0 Å². The SMILES string of the molecule is CSCCCOC(=O)N1CCN(C(=O)C(CCC(=O)O)NC(=O)c2cc(OCC(=O)C(C)(C)C)n(-c3ccccc3)n2)CC1. The molecule has 0 bridgehead atoms. The van der Waals surface area contributed by atoms with Crippen molar-refractivity contribution in [3.05, 3.63) is 42.1 Å². The van der Waals surface area contributed by atoms with Crippen molar-refractivity contribution in [2.24, 2.45) is 5.41 Å². The molecule has 0 radical (unpaired) electrons. The number of ketones is 1. The summed E-state index contributed by atoms with van der Waals surface area (Å²) in [6.07, 6.45) is 1.81. The first kappa shape index (κ1) is 34.4. The Kier molecular flexibility index (Phi) is 12.6. The summed E-state index contributed by atoms with van der Waals surface area (Å²) >= 11 is 1.67. The molecule has 2 N–H and O–H groups in total. The molecule has 2 aromatic rings. The molecule has 1 unspecified atom stereocenters. The second-order valence-electron chi connectivity index (χ2n) is 11.3. The van der Waals surface area contributed by atoms with Crippen molar-refractivity contribution in [2.75, 3.05) is 51.4 Å². The van der Waals surface area contributed by atoms with Gasteiger partial charge in [0.2, 0.25) is 11.8 Å². The number of Topliss-reactive ketones (excluding diaryl/α,β-unsaturated/α-hetero) is 1. The Balaban J connectivity index is 1.72. The van der Waals surface area contributed by atoms with E-state index in [9.17, 15) is 29.1 Å². The number of piperazine rings is 1. The number of nitrogens with one attached hydrogen (secondary N) is 1. The number of amides is 3. The number of hydrogen-bond acceptors (Lipinski definition) is 9. The van der Waals surface area contributed by atoms with Gasteiger partial charge in [-0.3, -0.25) is 19.2 Å². The van der Waals surface area contributed by atoms with Crippen LogP contribution in [0, 0.1) is 5.41 Å². The first-order valence-corrected chi connectivity index (χ1v) is 15.8. The molecule has 2 heterocycles. The molecule has 1 aromatic carbocycles. The molecule has 1 aromatic heterocycles. The lowest BCUT2D eigenvalue weighted by atomic mass is 9.91. The number of para-hydroxylation sites is 1. The molecule has 44 heavy (non-hydrogen) atoms. The highest BCUT2D eigenvalue weighted by Crippen LogP contribution is 2.22. The number of thioether (sulfide) groups is 1. The molecule has 1 saturated heterocycles. The zero-order valence-electron chi connectivity index (χ0n) is 25.6. The van der Waals surface area contributed by atoms with E-state index in [4.69, 9.17) is 9.47 Å². The second-order valence-corrected chi connectivity index (χ2v) is 12.3. The van der Waals surface area contributed by atoms with Crippen LogP contribution in [0.2, 0.25) is 0 Å². The number of rotatable bonds is 14. The Morgan fingerprint density at radius 1 is 1.05 bits per heavy atom. The third kappa shape index (κ3) is 10.00. The minimum absolute atomic E-state index is 0.0748. The molecule has 0 aliphatic carbocycles. The van der Waals surface area contributed by atoms with Crippen LogP contribution in [0.4, 0.5) is 4.79 Å². The fraction of sp³-hybridized carbons (Fsp3) is 0.533. The number of carboxylic acids is 1.